The Bertz CT molecular complexity index is 1340. The number of aromatic nitrogens is 4. The largest absolute Gasteiger partial charge is 0.458 e. The Morgan fingerprint density at radius 2 is 1.97 bits per heavy atom. The molecule has 1 fully saturated rings. The van der Waals surface area contributed by atoms with Gasteiger partial charge in [-0.1, -0.05) is 32.1 Å². The van der Waals surface area contributed by atoms with Gasteiger partial charge in [-0.05, 0) is 48.4 Å². The maximum Gasteiger partial charge on any atom is 0.309 e. The van der Waals surface area contributed by atoms with Gasteiger partial charge in [0, 0.05) is 17.5 Å². The van der Waals surface area contributed by atoms with Gasteiger partial charge in [-0.25, -0.2) is 9.37 Å². The molecule has 1 aliphatic rings. The van der Waals surface area contributed by atoms with Crippen LogP contribution in [0.15, 0.2) is 54.6 Å². The molecule has 1 aliphatic heterocycles. The van der Waals surface area contributed by atoms with Gasteiger partial charge in [0.25, 0.3) is 0 Å². The summed E-state index contributed by atoms with van der Waals surface area (Å²) >= 11 is 0. The molecule has 1 saturated heterocycles. The van der Waals surface area contributed by atoms with E-state index in [0.29, 0.717) is 12.4 Å². The number of ether oxygens (including phenoxy) is 1. The third-order valence-electron chi connectivity index (χ3n) is 5.86. The molecule has 174 valence electrons. The predicted molar refractivity (Wildman–Crippen MR) is 127 cm³/mol. The number of nitrogens with one attached hydrogen (secondary N) is 1. The summed E-state index contributed by atoms with van der Waals surface area (Å²) in [5, 5.41) is 14.9. The van der Waals surface area contributed by atoms with Crippen molar-refractivity contribution < 1.29 is 19.0 Å². The topological polar surface area (TPSA) is 93.0 Å². The van der Waals surface area contributed by atoms with Gasteiger partial charge in [0.2, 0.25) is 5.95 Å². The number of aromatic amines is 1. The molecule has 0 amide bonds. The van der Waals surface area contributed by atoms with Gasteiger partial charge in [-0.2, -0.15) is 9.78 Å². The number of carbonyl (C=O) groups excluding carboxylic acids is 1. The van der Waals surface area contributed by atoms with Crippen molar-refractivity contribution in [2.45, 2.75) is 44.8 Å². The molecule has 2 unspecified atom stereocenters. The van der Waals surface area contributed by atoms with Crippen LogP contribution in [-0.2, 0) is 9.53 Å². The monoisotopic (exact) mass is 460 g/mol. The number of esters is 1. The van der Waals surface area contributed by atoms with E-state index in [0.717, 1.165) is 33.5 Å². The number of aliphatic hydroxyl groups is 1. The van der Waals surface area contributed by atoms with Crippen LogP contribution in [0.2, 0.25) is 0 Å². The minimum atomic E-state index is -0.727. The second-order valence-corrected chi connectivity index (χ2v) is 8.78. The van der Waals surface area contributed by atoms with Crippen LogP contribution in [-0.4, -0.2) is 43.0 Å². The molecule has 4 aromatic rings. The van der Waals surface area contributed by atoms with E-state index in [1.54, 1.807) is 22.9 Å². The Hall–Kier alpha value is -3.78. The Balaban J connectivity index is 1.68. The van der Waals surface area contributed by atoms with Crippen molar-refractivity contribution in [1.29, 1.82) is 0 Å². The summed E-state index contributed by atoms with van der Waals surface area (Å²) in [7, 11) is 0. The molecule has 2 N–H and O–H groups in total. The molecular formula is C26H25FN4O3. The first-order valence-corrected chi connectivity index (χ1v) is 11.3. The zero-order valence-corrected chi connectivity index (χ0v) is 18.9. The van der Waals surface area contributed by atoms with Crippen LogP contribution in [0.5, 0.6) is 0 Å². The Morgan fingerprint density at radius 3 is 2.68 bits per heavy atom. The number of cyclic esters (lactones) is 1. The molecule has 2 aromatic carbocycles. The minimum absolute atomic E-state index is 0.00635. The van der Waals surface area contributed by atoms with Crippen LogP contribution in [0, 0.1) is 5.82 Å². The lowest BCUT2D eigenvalue weighted by molar-refractivity contribution is -0.156. The number of para-hydroxylation sites is 2. The zero-order chi connectivity index (χ0) is 23.8. The van der Waals surface area contributed by atoms with Crippen molar-refractivity contribution in [1.82, 2.24) is 19.7 Å². The number of hydrogen-bond donors (Lipinski definition) is 2. The normalized spacial score (nSPS) is 18.8. The van der Waals surface area contributed by atoms with E-state index >= 15 is 0 Å². The standard InChI is InChI=1S/C26H25FN4O3/c1-15(2)24-20(12-11-19-13-18(32)14-23(33)34-19)25(16-7-9-17(27)10-8-16)31(30-24)26-28-21-5-3-4-6-22(21)29-26/h3-12,15,18-19,32H,13-14H2,1-2H3,(H,28,29). The Kier molecular flexibility index (Phi) is 5.75. The smallest absolute Gasteiger partial charge is 0.309 e. The van der Waals surface area contributed by atoms with E-state index in [4.69, 9.17) is 14.8 Å². The van der Waals surface area contributed by atoms with Gasteiger partial charge in [0.05, 0.1) is 34.9 Å². The predicted octanol–water partition coefficient (Wildman–Crippen LogP) is 4.76. The highest BCUT2D eigenvalue weighted by Crippen LogP contribution is 2.34. The van der Waals surface area contributed by atoms with Crippen LogP contribution in [0.25, 0.3) is 34.3 Å². The van der Waals surface area contributed by atoms with E-state index in [2.05, 4.69) is 4.98 Å². The maximum absolute atomic E-state index is 13.7. The van der Waals surface area contributed by atoms with E-state index in [1.807, 2.05) is 44.2 Å². The van der Waals surface area contributed by atoms with Gasteiger partial charge >= 0.3 is 5.97 Å². The molecule has 8 heteroatoms. The molecule has 5 rings (SSSR count). The molecule has 0 saturated carbocycles. The van der Waals surface area contributed by atoms with Crippen LogP contribution in [0.1, 0.15) is 43.9 Å². The molecule has 0 radical (unpaired) electrons. The van der Waals surface area contributed by atoms with Crippen molar-refractivity contribution in [3.63, 3.8) is 0 Å². The third kappa shape index (κ3) is 4.24. The third-order valence-corrected chi connectivity index (χ3v) is 5.86. The van der Waals surface area contributed by atoms with Gasteiger partial charge < -0.3 is 14.8 Å². The number of imidazole rings is 1. The summed E-state index contributed by atoms with van der Waals surface area (Å²) in [6, 6.07) is 13.9. The van der Waals surface area contributed by atoms with Crippen molar-refractivity contribution in [3.8, 4) is 17.2 Å². The average molecular weight is 461 g/mol. The number of halogens is 1. The zero-order valence-electron chi connectivity index (χ0n) is 18.9. The van der Waals surface area contributed by atoms with Gasteiger partial charge in [0.1, 0.15) is 11.9 Å². The first-order chi connectivity index (χ1) is 16.4. The summed E-state index contributed by atoms with van der Waals surface area (Å²) in [5.74, 6) is -0.136. The molecule has 2 aromatic heterocycles. The van der Waals surface area contributed by atoms with Crippen molar-refractivity contribution in [2.24, 2.45) is 0 Å². The first kappa shape index (κ1) is 22.0. The number of nitrogens with zero attached hydrogens (tertiary/aromatic N) is 3. The lowest BCUT2D eigenvalue weighted by atomic mass is 9.98. The Morgan fingerprint density at radius 1 is 1.21 bits per heavy atom. The summed E-state index contributed by atoms with van der Waals surface area (Å²) in [6.07, 6.45) is 2.73. The number of H-pyrrole nitrogens is 1. The van der Waals surface area contributed by atoms with E-state index in [9.17, 15) is 14.3 Å². The van der Waals surface area contributed by atoms with Gasteiger partial charge in [0.15, 0.2) is 0 Å². The number of benzene rings is 2. The first-order valence-electron chi connectivity index (χ1n) is 11.3. The average Bonchev–Trinajstić information content (AvgIpc) is 3.39. The van der Waals surface area contributed by atoms with Crippen LogP contribution in [0.4, 0.5) is 4.39 Å². The summed E-state index contributed by atoms with van der Waals surface area (Å²) in [5.41, 5.74) is 4.83. The molecule has 0 spiro atoms. The highest BCUT2D eigenvalue weighted by molar-refractivity contribution is 5.79. The van der Waals surface area contributed by atoms with E-state index in [1.165, 1.54) is 12.1 Å². The molecule has 0 bridgehead atoms. The van der Waals surface area contributed by atoms with Crippen molar-refractivity contribution in [3.05, 3.63) is 71.7 Å². The molecule has 3 heterocycles. The summed E-state index contributed by atoms with van der Waals surface area (Å²) in [6.45, 7) is 4.09. The number of fused-ring (bicyclic) bond motifs is 1. The van der Waals surface area contributed by atoms with E-state index in [-0.39, 0.29) is 18.2 Å². The molecule has 2 atom stereocenters. The number of carbonyl (C=O) groups is 1. The fourth-order valence-electron chi connectivity index (χ4n) is 4.25. The van der Waals surface area contributed by atoms with Crippen LogP contribution < -0.4 is 0 Å². The fourth-order valence-corrected chi connectivity index (χ4v) is 4.25. The number of aliphatic hydroxyl groups excluding tert-OH is 1. The lowest BCUT2D eigenvalue weighted by Gasteiger charge is -2.23. The van der Waals surface area contributed by atoms with Crippen LogP contribution >= 0.6 is 0 Å². The summed E-state index contributed by atoms with van der Waals surface area (Å²) in [4.78, 5) is 19.8. The molecule has 34 heavy (non-hydrogen) atoms. The van der Waals surface area contributed by atoms with Crippen LogP contribution in [0.3, 0.4) is 0 Å². The second-order valence-electron chi connectivity index (χ2n) is 8.78. The quantitative estimate of drug-likeness (QED) is 0.419. The van der Waals surface area contributed by atoms with Crippen molar-refractivity contribution >= 4 is 23.1 Å². The van der Waals surface area contributed by atoms with E-state index < -0.39 is 18.2 Å². The molecule has 0 aliphatic carbocycles. The second kappa shape index (κ2) is 8.87. The lowest BCUT2D eigenvalue weighted by Crippen LogP contribution is -2.31. The van der Waals surface area contributed by atoms with Gasteiger partial charge in [-0.15, -0.1) is 0 Å². The highest BCUT2D eigenvalue weighted by Gasteiger charge is 2.27. The van der Waals surface area contributed by atoms with Gasteiger partial charge in [-0.3, -0.25) is 4.79 Å². The maximum atomic E-state index is 13.7. The molecule has 7 nitrogen and oxygen atoms in total. The minimum Gasteiger partial charge on any atom is -0.458 e. The molecular weight excluding hydrogens is 435 g/mol. The summed E-state index contributed by atoms with van der Waals surface area (Å²) < 4.78 is 20.9. The Labute approximate surface area is 195 Å². The van der Waals surface area contributed by atoms with Crippen molar-refractivity contribution in [2.75, 3.05) is 0 Å². The highest BCUT2D eigenvalue weighted by atomic mass is 19.1. The number of hydrogen-bond acceptors (Lipinski definition) is 5. The SMILES string of the molecule is CC(C)c1nn(-c2nc3ccccc3[nH]2)c(-c2ccc(F)cc2)c1C=CC1CC(O)CC(=O)O1. The fraction of sp³-hybridized carbons (Fsp3) is 0.269. The number of rotatable bonds is 5.